The van der Waals surface area contributed by atoms with Gasteiger partial charge in [0.1, 0.15) is 11.4 Å². The van der Waals surface area contributed by atoms with Crippen LogP contribution in [-0.4, -0.2) is 16.7 Å². The number of carbonyl (C=O) groups is 1. The van der Waals surface area contributed by atoms with Gasteiger partial charge in [-0.15, -0.1) is 0 Å². The summed E-state index contributed by atoms with van der Waals surface area (Å²) in [6, 6.07) is 12.8. The fourth-order valence-corrected chi connectivity index (χ4v) is 2.21. The van der Waals surface area contributed by atoms with E-state index < -0.39 is 5.97 Å². The summed E-state index contributed by atoms with van der Waals surface area (Å²) in [5.74, 6) is -0.0545. The predicted molar refractivity (Wildman–Crippen MR) is 92.3 cm³/mol. The maximum atomic E-state index is 10.8. The zero-order chi connectivity index (χ0) is 17.0. The van der Waals surface area contributed by atoms with Gasteiger partial charge in [-0.25, -0.2) is 4.79 Å². The van der Waals surface area contributed by atoms with Crippen molar-refractivity contribution >= 4 is 11.7 Å². The molecule has 0 amide bonds. The van der Waals surface area contributed by atoms with Gasteiger partial charge in [-0.3, -0.25) is 0 Å². The van der Waals surface area contributed by atoms with Gasteiger partial charge in [-0.05, 0) is 69.2 Å². The molecule has 0 aliphatic carbocycles. The minimum Gasteiger partial charge on any atom is -0.488 e. The van der Waals surface area contributed by atoms with Crippen molar-refractivity contribution in [3.8, 4) is 5.75 Å². The smallest absolute Gasteiger partial charge is 0.335 e. The van der Waals surface area contributed by atoms with E-state index in [1.807, 2.05) is 58.0 Å². The highest BCUT2D eigenvalue weighted by molar-refractivity contribution is 5.87. The van der Waals surface area contributed by atoms with Crippen LogP contribution in [-0.2, 0) is 6.54 Å². The Morgan fingerprint density at radius 3 is 2.30 bits per heavy atom. The van der Waals surface area contributed by atoms with Gasteiger partial charge < -0.3 is 15.2 Å². The zero-order valence-electron chi connectivity index (χ0n) is 14.0. The van der Waals surface area contributed by atoms with Crippen LogP contribution < -0.4 is 10.1 Å². The molecule has 0 bridgehead atoms. The fraction of sp³-hybridized carbons (Fsp3) is 0.316. The summed E-state index contributed by atoms with van der Waals surface area (Å²) in [6.45, 7) is 8.74. The number of ether oxygens (including phenoxy) is 1. The van der Waals surface area contributed by atoms with Crippen molar-refractivity contribution in [3.05, 3.63) is 59.2 Å². The summed E-state index contributed by atoms with van der Waals surface area (Å²) in [6.07, 6.45) is 0. The van der Waals surface area contributed by atoms with E-state index in [0.717, 1.165) is 22.6 Å². The molecule has 0 saturated carbocycles. The van der Waals surface area contributed by atoms with Gasteiger partial charge in [-0.2, -0.15) is 0 Å². The number of hydrogen-bond acceptors (Lipinski definition) is 3. The van der Waals surface area contributed by atoms with Crippen LogP contribution in [0.5, 0.6) is 5.75 Å². The molecular weight excluding hydrogens is 290 g/mol. The average molecular weight is 313 g/mol. The van der Waals surface area contributed by atoms with E-state index in [1.54, 1.807) is 12.1 Å². The third-order valence-corrected chi connectivity index (χ3v) is 3.31. The van der Waals surface area contributed by atoms with E-state index in [4.69, 9.17) is 9.84 Å². The quantitative estimate of drug-likeness (QED) is 0.854. The Hall–Kier alpha value is -2.49. The van der Waals surface area contributed by atoms with Gasteiger partial charge >= 0.3 is 5.97 Å². The van der Waals surface area contributed by atoms with E-state index in [2.05, 4.69) is 5.32 Å². The lowest BCUT2D eigenvalue weighted by atomic mass is 10.1. The van der Waals surface area contributed by atoms with Crippen molar-refractivity contribution in [2.45, 2.75) is 39.8 Å². The second-order valence-electron chi connectivity index (χ2n) is 6.55. The van der Waals surface area contributed by atoms with Crippen LogP contribution in [0.4, 0.5) is 5.69 Å². The Balaban J connectivity index is 2.01. The molecule has 0 aromatic heterocycles. The molecule has 0 fully saturated rings. The molecule has 0 saturated heterocycles. The van der Waals surface area contributed by atoms with Gasteiger partial charge in [0.15, 0.2) is 0 Å². The molecule has 0 radical (unpaired) electrons. The minimum absolute atomic E-state index is 0.215. The molecule has 0 spiro atoms. The number of hydrogen-bond donors (Lipinski definition) is 2. The first-order valence-corrected chi connectivity index (χ1v) is 7.60. The molecule has 4 heteroatoms. The Labute approximate surface area is 137 Å². The van der Waals surface area contributed by atoms with Crippen molar-refractivity contribution < 1.29 is 14.6 Å². The van der Waals surface area contributed by atoms with Gasteiger partial charge in [0, 0.05) is 12.2 Å². The molecule has 0 aliphatic rings. The van der Waals surface area contributed by atoms with Crippen LogP contribution in [0.1, 0.15) is 42.3 Å². The predicted octanol–water partition coefficient (Wildman–Crippen LogP) is 4.48. The first-order chi connectivity index (χ1) is 10.7. The van der Waals surface area contributed by atoms with Gasteiger partial charge in [-0.1, -0.05) is 12.1 Å². The fourth-order valence-electron chi connectivity index (χ4n) is 2.21. The molecule has 0 aliphatic heterocycles. The highest BCUT2D eigenvalue weighted by Gasteiger charge is 2.12. The Bertz CT molecular complexity index is 685. The number of aryl methyl sites for hydroxylation is 1. The van der Waals surface area contributed by atoms with Gasteiger partial charge in [0.25, 0.3) is 0 Å². The number of nitrogens with one attached hydrogen (secondary N) is 1. The third-order valence-electron chi connectivity index (χ3n) is 3.31. The molecule has 0 unspecified atom stereocenters. The van der Waals surface area contributed by atoms with Crippen LogP contribution in [0.25, 0.3) is 0 Å². The number of benzene rings is 2. The highest BCUT2D eigenvalue weighted by Crippen LogP contribution is 2.24. The second-order valence-corrected chi connectivity index (χ2v) is 6.55. The highest BCUT2D eigenvalue weighted by atomic mass is 16.5. The minimum atomic E-state index is -0.908. The SMILES string of the molecule is Cc1cc(OC(C)(C)C)ccc1NCc1ccc(C(=O)O)cc1. The van der Waals surface area contributed by atoms with Crippen LogP contribution in [0.3, 0.4) is 0 Å². The van der Waals surface area contributed by atoms with E-state index in [-0.39, 0.29) is 5.60 Å². The molecule has 2 N–H and O–H groups in total. The van der Waals surface area contributed by atoms with Crippen LogP contribution >= 0.6 is 0 Å². The zero-order valence-corrected chi connectivity index (χ0v) is 14.0. The Kier molecular flexibility index (Phi) is 4.94. The van der Waals surface area contributed by atoms with Gasteiger partial charge in [0.2, 0.25) is 0 Å². The van der Waals surface area contributed by atoms with Crippen molar-refractivity contribution in [2.75, 3.05) is 5.32 Å². The lowest BCUT2D eigenvalue weighted by molar-refractivity contribution is 0.0697. The molecule has 2 aromatic carbocycles. The van der Waals surface area contributed by atoms with Crippen molar-refractivity contribution in [1.29, 1.82) is 0 Å². The van der Waals surface area contributed by atoms with Crippen molar-refractivity contribution in [1.82, 2.24) is 0 Å². The number of rotatable bonds is 5. The summed E-state index contributed by atoms with van der Waals surface area (Å²) in [5, 5.41) is 12.3. The van der Waals surface area contributed by atoms with E-state index >= 15 is 0 Å². The standard InChI is InChI=1S/C19H23NO3/c1-13-11-16(23-19(2,3)4)9-10-17(13)20-12-14-5-7-15(8-6-14)18(21)22/h5-11,20H,12H2,1-4H3,(H,21,22). The van der Waals surface area contributed by atoms with Gasteiger partial charge in [0.05, 0.1) is 5.56 Å². The summed E-state index contributed by atoms with van der Waals surface area (Å²) >= 11 is 0. The molecule has 122 valence electrons. The molecular formula is C19H23NO3. The molecule has 4 nitrogen and oxygen atoms in total. The lowest BCUT2D eigenvalue weighted by Gasteiger charge is -2.22. The monoisotopic (exact) mass is 313 g/mol. The third kappa shape index (κ3) is 5.02. The van der Waals surface area contributed by atoms with E-state index in [0.29, 0.717) is 12.1 Å². The molecule has 0 atom stereocenters. The number of carboxylic acid groups (broad SMARTS) is 1. The van der Waals surface area contributed by atoms with Crippen LogP contribution in [0.15, 0.2) is 42.5 Å². The topological polar surface area (TPSA) is 58.6 Å². The summed E-state index contributed by atoms with van der Waals surface area (Å²) in [5.41, 5.74) is 3.26. The maximum absolute atomic E-state index is 10.8. The Morgan fingerprint density at radius 2 is 1.78 bits per heavy atom. The number of anilines is 1. The van der Waals surface area contributed by atoms with Crippen molar-refractivity contribution in [3.63, 3.8) is 0 Å². The van der Waals surface area contributed by atoms with Crippen molar-refractivity contribution in [2.24, 2.45) is 0 Å². The number of carboxylic acids is 1. The van der Waals surface area contributed by atoms with Crippen LogP contribution in [0, 0.1) is 6.92 Å². The summed E-state index contributed by atoms with van der Waals surface area (Å²) in [7, 11) is 0. The normalized spacial score (nSPS) is 11.1. The largest absolute Gasteiger partial charge is 0.488 e. The molecule has 0 heterocycles. The maximum Gasteiger partial charge on any atom is 0.335 e. The van der Waals surface area contributed by atoms with E-state index in [9.17, 15) is 4.79 Å². The first kappa shape index (κ1) is 16.9. The van der Waals surface area contributed by atoms with Crippen LogP contribution in [0.2, 0.25) is 0 Å². The summed E-state index contributed by atoms with van der Waals surface area (Å²) in [4.78, 5) is 10.8. The molecule has 23 heavy (non-hydrogen) atoms. The summed E-state index contributed by atoms with van der Waals surface area (Å²) < 4.78 is 5.85. The Morgan fingerprint density at radius 1 is 1.13 bits per heavy atom. The first-order valence-electron chi connectivity index (χ1n) is 7.60. The second kappa shape index (κ2) is 6.73. The molecule has 2 rings (SSSR count). The number of aromatic carboxylic acids is 1. The lowest BCUT2D eigenvalue weighted by Crippen LogP contribution is -2.22. The van der Waals surface area contributed by atoms with E-state index in [1.165, 1.54) is 0 Å². The average Bonchev–Trinajstić information content (AvgIpc) is 2.45. The molecule has 2 aromatic rings.